The van der Waals surface area contributed by atoms with Crippen LogP contribution in [0.3, 0.4) is 0 Å². The van der Waals surface area contributed by atoms with Gasteiger partial charge < -0.3 is 5.32 Å². The van der Waals surface area contributed by atoms with E-state index >= 15 is 0 Å². The molecule has 1 aromatic heterocycles. The molecule has 7 heteroatoms. The van der Waals surface area contributed by atoms with Crippen molar-refractivity contribution in [3.05, 3.63) is 77.6 Å². The number of benzene rings is 2. The van der Waals surface area contributed by atoms with Gasteiger partial charge in [0.25, 0.3) is 0 Å². The van der Waals surface area contributed by atoms with Gasteiger partial charge in [-0.15, -0.1) is 0 Å². The van der Waals surface area contributed by atoms with Crippen molar-refractivity contribution in [1.29, 1.82) is 0 Å². The molecule has 6 nitrogen and oxygen atoms in total. The lowest BCUT2D eigenvalue weighted by atomic mass is 10.1. The second-order valence-corrected chi connectivity index (χ2v) is 9.13. The minimum atomic E-state index is -3.40. The maximum atomic E-state index is 12.2. The van der Waals surface area contributed by atoms with Gasteiger partial charge in [0.2, 0.25) is 10.0 Å². The quantitative estimate of drug-likeness (QED) is 0.663. The van der Waals surface area contributed by atoms with E-state index in [0.29, 0.717) is 11.4 Å². The number of sulfonamides is 1. The molecule has 0 aliphatic carbocycles. The van der Waals surface area contributed by atoms with E-state index in [4.69, 9.17) is 0 Å². The van der Waals surface area contributed by atoms with Gasteiger partial charge in [-0.1, -0.05) is 30.3 Å². The SMILES string of the molecule is Cc1nn(-c2ccccc2)cc1CNC(C)c1ccc(S(=O)(=O)N(C)C)cc1. The molecule has 3 rings (SSSR count). The van der Waals surface area contributed by atoms with Crippen LogP contribution in [0, 0.1) is 6.92 Å². The molecule has 3 aromatic rings. The summed E-state index contributed by atoms with van der Waals surface area (Å²) in [6, 6.07) is 17.1. The fourth-order valence-electron chi connectivity index (χ4n) is 2.90. The lowest BCUT2D eigenvalue weighted by Crippen LogP contribution is -2.22. The Morgan fingerprint density at radius 3 is 2.32 bits per heavy atom. The van der Waals surface area contributed by atoms with Gasteiger partial charge in [0.1, 0.15) is 0 Å². The number of aromatic nitrogens is 2. The van der Waals surface area contributed by atoms with Crippen molar-refractivity contribution in [2.45, 2.75) is 31.3 Å². The van der Waals surface area contributed by atoms with Crippen molar-refractivity contribution in [2.75, 3.05) is 14.1 Å². The zero-order valence-electron chi connectivity index (χ0n) is 16.6. The van der Waals surface area contributed by atoms with Crippen LogP contribution < -0.4 is 5.32 Å². The molecule has 1 unspecified atom stereocenters. The summed E-state index contributed by atoms with van der Waals surface area (Å²) in [5.74, 6) is 0. The van der Waals surface area contributed by atoms with Gasteiger partial charge in [0.05, 0.1) is 16.3 Å². The molecule has 0 radical (unpaired) electrons. The second-order valence-electron chi connectivity index (χ2n) is 6.98. The fourth-order valence-corrected chi connectivity index (χ4v) is 3.80. The summed E-state index contributed by atoms with van der Waals surface area (Å²) in [5, 5.41) is 8.08. The van der Waals surface area contributed by atoms with Crippen LogP contribution in [0.5, 0.6) is 0 Å². The Balaban J connectivity index is 1.68. The Kier molecular flexibility index (Phi) is 5.98. The van der Waals surface area contributed by atoms with Crippen molar-refractivity contribution in [2.24, 2.45) is 0 Å². The van der Waals surface area contributed by atoms with Gasteiger partial charge >= 0.3 is 0 Å². The Bertz CT molecular complexity index is 1030. The van der Waals surface area contributed by atoms with Crippen molar-refractivity contribution >= 4 is 10.0 Å². The summed E-state index contributed by atoms with van der Waals surface area (Å²) in [6.07, 6.45) is 2.04. The lowest BCUT2D eigenvalue weighted by molar-refractivity contribution is 0.520. The number of aryl methyl sites for hydroxylation is 1. The first-order chi connectivity index (χ1) is 13.3. The summed E-state index contributed by atoms with van der Waals surface area (Å²) in [6.45, 7) is 4.74. The molecule has 1 heterocycles. The molecule has 28 heavy (non-hydrogen) atoms. The van der Waals surface area contributed by atoms with Gasteiger partial charge in [-0.25, -0.2) is 17.4 Å². The molecule has 0 bridgehead atoms. The topological polar surface area (TPSA) is 67.2 Å². The molecule has 0 saturated carbocycles. The highest BCUT2D eigenvalue weighted by atomic mass is 32.2. The third kappa shape index (κ3) is 4.32. The van der Waals surface area contributed by atoms with Crippen LogP contribution in [0.2, 0.25) is 0 Å². The largest absolute Gasteiger partial charge is 0.306 e. The molecular formula is C21H26N4O2S. The summed E-state index contributed by atoms with van der Waals surface area (Å²) >= 11 is 0. The van der Waals surface area contributed by atoms with Gasteiger partial charge in [-0.2, -0.15) is 5.10 Å². The lowest BCUT2D eigenvalue weighted by Gasteiger charge is -2.16. The highest BCUT2D eigenvalue weighted by Crippen LogP contribution is 2.19. The van der Waals surface area contributed by atoms with E-state index in [1.54, 1.807) is 12.1 Å². The van der Waals surface area contributed by atoms with E-state index in [9.17, 15) is 8.42 Å². The van der Waals surface area contributed by atoms with E-state index in [1.807, 2.05) is 60.3 Å². The summed E-state index contributed by atoms with van der Waals surface area (Å²) in [5.41, 5.74) is 4.17. The van der Waals surface area contributed by atoms with E-state index in [2.05, 4.69) is 17.3 Å². The maximum Gasteiger partial charge on any atom is 0.242 e. The van der Waals surface area contributed by atoms with E-state index in [1.165, 1.54) is 18.4 Å². The average molecular weight is 399 g/mol. The third-order valence-corrected chi connectivity index (χ3v) is 6.61. The molecule has 0 fully saturated rings. The normalized spacial score (nSPS) is 13.0. The predicted octanol–water partition coefficient (Wildman–Crippen LogP) is 3.28. The predicted molar refractivity (Wildman–Crippen MR) is 111 cm³/mol. The van der Waals surface area contributed by atoms with Gasteiger partial charge in [0.15, 0.2) is 0 Å². The van der Waals surface area contributed by atoms with Gasteiger partial charge in [0, 0.05) is 38.4 Å². The second kappa shape index (κ2) is 8.26. The Hall–Kier alpha value is -2.48. The Labute approximate surface area is 166 Å². The molecule has 0 spiro atoms. The minimum Gasteiger partial charge on any atom is -0.306 e. The number of hydrogen-bond donors (Lipinski definition) is 1. The fraction of sp³-hybridized carbons (Fsp3) is 0.286. The number of nitrogens with one attached hydrogen (secondary N) is 1. The standard InChI is InChI=1S/C21H26N4O2S/c1-16(18-10-12-21(13-11-18)28(26,27)24(3)4)22-14-19-15-25(23-17(19)2)20-8-6-5-7-9-20/h5-13,15-16,22H,14H2,1-4H3. The van der Waals surface area contributed by atoms with Crippen LogP contribution in [0.4, 0.5) is 0 Å². The zero-order chi connectivity index (χ0) is 20.3. The molecular weight excluding hydrogens is 372 g/mol. The molecule has 2 aromatic carbocycles. The highest BCUT2D eigenvalue weighted by molar-refractivity contribution is 7.89. The summed E-state index contributed by atoms with van der Waals surface area (Å²) in [4.78, 5) is 0.299. The van der Waals surface area contributed by atoms with Crippen LogP contribution in [-0.2, 0) is 16.6 Å². The van der Waals surface area contributed by atoms with Crippen molar-refractivity contribution in [1.82, 2.24) is 19.4 Å². The van der Waals surface area contributed by atoms with E-state index < -0.39 is 10.0 Å². The van der Waals surface area contributed by atoms with E-state index in [-0.39, 0.29) is 6.04 Å². The minimum absolute atomic E-state index is 0.0792. The van der Waals surface area contributed by atoms with Crippen molar-refractivity contribution < 1.29 is 8.42 Å². The van der Waals surface area contributed by atoms with Crippen LogP contribution in [-0.4, -0.2) is 36.6 Å². The Morgan fingerprint density at radius 1 is 1.07 bits per heavy atom. The molecule has 0 saturated heterocycles. The number of rotatable bonds is 7. The van der Waals surface area contributed by atoms with Crippen LogP contribution >= 0.6 is 0 Å². The van der Waals surface area contributed by atoms with E-state index in [0.717, 1.165) is 22.5 Å². The zero-order valence-corrected chi connectivity index (χ0v) is 17.4. The molecule has 1 N–H and O–H groups in total. The molecule has 0 aliphatic rings. The average Bonchev–Trinajstić information content (AvgIpc) is 3.07. The summed E-state index contributed by atoms with van der Waals surface area (Å²) < 4.78 is 27.5. The first-order valence-corrected chi connectivity index (χ1v) is 10.6. The monoisotopic (exact) mass is 398 g/mol. The highest BCUT2D eigenvalue weighted by Gasteiger charge is 2.17. The van der Waals surface area contributed by atoms with Gasteiger partial charge in [-0.05, 0) is 43.7 Å². The van der Waals surface area contributed by atoms with Crippen LogP contribution in [0.25, 0.3) is 5.69 Å². The maximum absolute atomic E-state index is 12.2. The Morgan fingerprint density at radius 2 is 1.71 bits per heavy atom. The molecule has 0 aliphatic heterocycles. The summed E-state index contributed by atoms with van der Waals surface area (Å²) in [7, 11) is -0.336. The number of nitrogens with zero attached hydrogens (tertiary/aromatic N) is 3. The van der Waals surface area contributed by atoms with Gasteiger partial charge in [-0.3, -0.25) is 0 Å². The van der Waals surface area contributed by atoms with Crippen LogP contribution in [0.15, 0.2) is 65.7 Å². The van der Waals surface area contributed by atoms with Crippen molar-refractivity contribution in [3.8, 4) is 5.69 Å². The first-order valence-electron chi connectivity index (χ1n) is 9.15. The number of para-hydroxylation sites is 1. The smallest absolute Gasteiger partial charge is 0.242 e. The molecule has 1 atom stereocenters. The molecule has 0 amide bonds. The number of hydrogen-bond acceptors (Lipinski definition) is 4. The van der Waals surface area contributed by atoms with Crippen molar-refractivity contribution in [3.63, 3.8) is 0 Å². The first kappa shape index (κ1) is 20.3. The molecule has 148 valence electrons. The third-order valence-electron chi connectivity index (χ3n) is 4.78. The van der Waals surface area contributed by atoms with Crippen LogP contribution in [0.1, 0.15) is 29.8 Å².